The normalized spacial score (nSPS) is 15.9. The van der Waals surface area contributed by atoms with E-state index < -0.39 is 5.97 Å². The highest BCUT2D eigenvalue weighted by atomic mass is 32.2. The Morgan fingerprint density at radius 2 is 2.09 bits per heavy atom. The topological polar surface area (TPSA) is 37.3 Å². The fourth-order valence-electron chi connectivity index (χ4n) is 0.881. The number of carbonyl (C=O) groups is 1. The molecule has 0 aliphatic carbocycles. The van der Waals surface area contributed by atoms with E-state index >= 15 is 0 Å². The second-order valence-corrected chi connectivity index (χ2v) is 4.50. The highest BCUT2D eigenvalue weighted by molar-refractivity contribution is 8.01. The molecule has 3 heteroatoms. The molecule has 1 N–H and O–H groups in total. The van der Waals surface area contributed by atoms with Crippen LogP contribution in [0.1, 0.15) is 33.6 Å². The lowest BCUT2D eigenvalue weighted by Crippen LogP contribution is -2.15. The summed E-state index contributed by atoms with van der Waals surface area (Å²) in [5.74, 6) is -0.710. The van der Waals surface area contributed by atoms with Crippen LogP contribution in [0.15, 0.2) is 0 Å². The molecule has 0 rings (SSSR count). The lowest BCUT2D eigenvalue weighted by molar-refractivity contribution is -0.136. The molecule has 0 aliphatic heterocycles. The number of hydrogen-bond donors (Lipinski definition) is 1. The highest BCUT2D eigenvalue weighted by Crippen LogP contribution is 2.20. The van der Waals surface area contributed by atoms with Crippen molar-refractivity contribution in [2.45, 2.75) is 44.1 Å². The largest absolute Gasteiger partial charge is 0.480 e. The first-order valence-corrected chi connectivity index (χ1v) is 4.90. The van der Waals surface area contributed by atoms with Crippen molar-refractivity contribution >= 4 is 17.7 Å². The molecule has 0 aromatic heterocycles. The Hall–Kier alpha value is -0.180. The maximum Gasteiger partial charge on any atom is 0.316 e. The van der Waals surface area contributed by atoms with Crippen molar-refractivity contribution in [3.8, 4) is 0 Å². The second-order valence-electron chi connectivity index (χ2n) is 2.72. The maximum atomic E-state index is 10.4. The number of carboxylic acids is 1. The van der Waals surface area contributed by atoms with Gasteiger partial charge in [0.15, 0.2) is 0 Å². The van der Waals surface area contributed by atoms with Crippen molar-refractivity contribution in [3.63, 3.8) is 0 Å². The third kappa shape index (κ3) is 5.13. The molecule has 0 aliphatic rings. The fourth-order valence-corrected chi connectivity index (χ4v) is 2.07. The summed E-state index contributed by atoms with van der Waals surface area (Å²) in [5.41, 5.74) is 0. The molecular formula is C8H16O2S. The van der Waals surface area contributed by atoms with Crippen LogP contribution in [0.3, 0.4) is 0 Å². The monoisotopic (exact) mass is 176 g/mol. The van der Waals surface area contributed by atoms with Gasteiger partial charge in [0, 0.05) is 5.25 Å². The Morgan fingerprint density at radius 3 is 2.45 bits per heavy atom. The van der Waals surface area contributed by atoms with Crippen LogP contribution >= 0.6 is 11.8 Å². The molecular weight excluding hydrogens is 160 g/mol. The van der Waals surface area contributed by atoms with Crippen LogP contribution in [0.5, 0.6) is 0 Å². The lowest BCUT2D eigenvalue weighted by atomic mass is 10.3. The maximum absolute atomic E-state index is 10.4. The molecule has 0 saturated carbocycles. The summed E-state index contributed by atoms with van der Waals surface area (Å²) in [4.78, 5) is 10.4. The minimum absolute atomic E-state index is 0.267. The highest BCUT2D eigenvalue weighted by Gasteiger charge is 2.14. The zero-order chi connectivity index (χ0) is 8.85. The van der Waals surface area contributed by atoms with E-state index in [0.717, 1.165) is 12.8 Å². The van der Waals surface area contributed by atoms with Crippen molar-refractivity contribution in [1.82, 2.24) is 0 Å². The average molecular weight is 176 g/mol. The summed E-state index contributed by atoms with van der Waals surface area (Å²) in [5, 5.41) is 8.78. The smallest absolute Gasteiger partial charge is 0.316 e. The van der Waals surface area contributed by atoms with Gasteiger partial charge in [0.05, 0.1) is 5.25 Å². The molecule has 2 unspecified atom stereocenters. The van der Waals surface area contributed by atoms with Crippen molar-refractivity contribution in [3.05, 3.63) is 0 Å². The van der Waals surface area contributed by atoms with E-state index in [9.17, 15) is 4.79 Å². The molecule has 0 aromatic carbocycles. The SMILES string of the molecule is CCCC(C)SC(C)C(=O)O. The van der Waals surface area contributed by atoms with Crippen molar-refractivity contribution in [1.29, 1.82) is 0 Å². The molecule has 0 amide bonds. The first kappa shape index (κ1) is 10.8. The van der Waals surface area contributed by atoms with E-state index in [2.05, 4.69) is 13.8 Å². The van der Waals surface area contributed by atoms with E-state index in [1.54, 1.807) is 6.92 Å². The van der Waals surface area contributed by atoms with Gasteiger partial charge < -0.3 is 5.11 Å². The van der Waals surface area contributed by atoms with Gasteiger partial charge in [-0.05, 0) is 13.3 Å². The Kier molecular flexibility index (Phi) is 5.38. The summed E-state index contributed by atoms with van der Waals surface area (Å²) in [7, 11) is 0. The number of thioether (sulfide) groups is 1. The molecule has 0 aromatic rings. The predicted molar refractivity (Wildman–Crippen MR) is 49.1 cm³/mol. The molecule has 0 radical (unpaired) electrons. The van der Waals surface area contributed by atoms with Gasteiger partial charge in [0.25, 0.3) is 0 Å². The van der Waals surface area contributed by atoms with Gasteiger partial charge in [-0.3, -0.25) is 4.79 Å². The first-order chi connectivity index (χ1) is 5.07. The summed E-state index contributed by atoms with van der Waals surface area (Å²) in [6.07, 6.45) is 2.22. The van der Waals surface area contributed by atoms with Crippen LogP contribution in [0.4, 0.5) is 0 Å². The number of rotatable bonds is 5. The second kappa shape index (κ2) is 5.47. The molecule has 66 valence electrons. The van der Waals surface area contributed by atoms with Gasteiger partial charge in [0.2, 0.25) is 0 Å². The van der Waals surface area contributed by atoms with Crippen LogP contribution < -0.4 is 0 Å². The van der Waals surface area contributed by atoms with E-state index in [1.165, 1.54) is 11.8 Å². The van der Waals surface area contributed by atoms with E-state index in [4.69, 9.17) is 5.11 Å². The summed E-state index contributed by atoms with van der Waals surface area (Å²) in [6.45, 7) is 5.93. The Labute approximate surface area is 72.4 Å². The summed E-state index contributed by atoms with van der Waals surface area (Å²) in [6, 6.07) is 0. The average Bonchev–Trinajstić information content (AvgIpc) is 1.87. The summed E-state index contributed by atoms with van der Waals surface area (Å²) >= 11 is 1.53. The Bertz CT molecular complexity index is 125. The van der Waals surface area contributed by atoms with Crippen LogP contribution in [-0.4, -0.2) is 21.6 Å². The van der Waals surface area contributed by atoms with Crippen LogP contribution in [0, 0.1) is 0 Å². The van der Waals surface area contributed by atoms with E-state index in [1.807, 2.05) is 0 Å². The zero-order valence-electron chi connectivity index (χ0n) is 7.33. The minimum Gasteiger partial charge on any atom is -0.480 e. The quantitative estimate of drug-likeness (QED) is 0.698. The van der Waals surface area contributed by atoms with Crippen LogP contribution in [0.2, 0.25) is 0 Å². The third-order valence-electron chi connectivity index (χ3n) is 1.48. The van der Waals surface area contributed by atoms with Crippen molar-refractivity contribution in [2.75, 3.05) is 0 Å². The number of hydrogen-bond acceptors (Lipinski definition) is 2. The minimum atomic E-state index is -0.710. The van der Waals surface area contributed by atoms with Gasteiger partial charge in [-0.25, -0.2) is 0 Å². The van der Waals surface area contributed by atoms with E-state index in [0.29, 0.717) is 5.25 Å². The third-order valence-corrected chi connectivity index (χ3v) is 2.79. The molecule has 0 spiro atoms. The van der Waals surface area contributed by atoms with Gasteiger partial charge in [0.1, 0.15) is 0 Å². The lowest BCUT2D eigenvalue weighted by Gasteiger charge is -2.12. The molecule has 0 saturated heterocycles. The zero-order valence-corrected chi connectivity index (χ0v) is 8.15. The van der Waals surface area contributed by atoms with Gasteiger partial charge in [-0.15, -0.1) is 11.8 Å². The molecule has 11 heavy (non-hydrogen) atoms. The van der Waals surface area contributed by atoms with Gasteiger partial charge in [-0.2, -0.15) is 0 Å². The van der Waals surface area contributed by atoms with Crippen molar-refractivity contribution in [2.24, 2.45) is 0 Å². The predicted octanol–water partition coefficient (Wildman–Crippen LogP) is 2.38. The van der Waals surface area contributed by atoms with E-state index in [-0.39, 0.29) is 5.25 Å². The molecule has 0 heterocycles. The Morgan fingerprint density at radius 1 is 1.55 bits per heavy atom. The molecule has 0 fully saturated rings. The standard InChI is InChI=1S/C8H16O2S/c1-4-5-6(2)11-7(3)8(9)10/h6-7H,4-5H2,1-3H3,(H,9,10). The van der Waals surface area contributed by atoms with Gasteiger partial charge in [-0.1, -0.05) is 20.3 Å². The summed E-state index contributed by atoms with van der Waals surface area (Å²) < 4.78 is 0. The first-order valence-electron chi connectivity index (χ1n) is 3.96. The number of aliphatic carboxylic acids is 1. The molecule has 2 nitrogen and oxygen atoms in total. The fraction of sp³-hybridized carbons (Fsp3) is 0.875. The van der Waals surface area contributed by atoms with Crippen LogP contribution in [-0.2, 0) is 4.79 Å². The molecule has 0 bridgehead atoms. The van der Waals surface area contributed by atoms with Crippen LogP contribution in [0.25, 0.3) is 0 Å². The Balaban J connectivity index is 3.56. The molecule has 2 atom stereocenters. The van der Waals surface area contributed by atoms with Gasteiger partial charge >= 0.3 is 5.97 Å². The van der Waals surface area contributed by atoms with Crippen molar-refractivity contribution < 1.29 is 9.90 Å². The number of carboxylic acid groups (broad SMARTS) is 1.